The van der Waals surface area contributed by atoms with E-state index in [4.69, 9.17) is 4.74 Å². The van der Waals surface area contributed by atoms with Crippen LogP contribution in [0.2, 0.25) is 0 Å². The van der Waals surface area contributed by atoms with Crippen LogP contribution in [0.3, 0.4) is 0 Å². The molecule has 0 spiro atoms. The van der Waals surface area contributed by atoms with Crippen molar-refractivity contribution >= 4 is 5.97 Å². The van der Waals surface area contributed by atoms with Gasteiger partial charge < -0.3 is 9.84 Å². The Balaban J connectivity index is 2.08. The molecule has 1 aromatic carbocycles. The summed E-state index contributed by atoms with van der Waals surface area (Å²) in [6.45, 7) is 5.39. The number of carboxylic acid groups (broad SMARTS) is 1. The Kier molecular flexibility index (Phi) is 3.80. The lowest BCUT2D eigenvalue weighted by atomic mass is 9.90. The molecule has 1 aliphatic rings. The summed E-state index contributed by atoms with van der Waals surface area (Å²) >= 11 is 0. The lowest BCUT2D eigenvalue weighted by Crippen LogP contribution is -2.32. The van der Waals surface area contributed by atoms with E-state index in [2.05, 4.69) is 11.8 Å². The van der Waals surface area contributed by atoms with Gasteiger partial charge >= 0.3 is 5.97 Å². The van der Waals surface area contributed by atoms with Crippen LogP contribution in [0.1, 0.15) is 31.9 Å². The van der Waals surface area contributed by atoms with E-state index in [1.54, 1.807) is 7.11 Å². The molecule has 0 aliphatic carbocycles. The summed E-state index contributed by atoms with van der Waals surface area (Å²) in [6, 6.07) is 8.20. The Hall–Kier alpha value is -1.55. The molecule has 1 aliphatic heterocycles. The minimum atomic E-state index is -0.697. The highest BCUT2D eigenvalue weighted by molar-refractivity contribution is 5.74. The molecule has 1 heterocycles. The summed E-state index contributed by atoms with van der Waals surface area (Å²) < 4.78 is 5.15. The number of ether oxygens (including phenoxy) is 1. The second kappa shape index (κ2) is 5.21. The first kappa shape index (κ1) is 13.9. The fourth-order valence-corrected chi connectivity index (χ4v) is 2.60. The molecular weight excluding hydrogens is 242 g/mol. The molecule has 0 aromatic heterocycles. The van der Waals surface area contributed by atoms with Crippen LogP contribution in [0, 0.1) is 5.41 Å². The van der Waals surface area contributed by atoms with E-state index in [9.17, 15) is 9.90 Å². The quantitative estimate of drug-likeness (QED) is 0.907. The van der Waals surface area contributed by atoms with Gasteiger partial charge in [0.1, 0.15) is 5.75 Å². The molecule has 2 unspecified atom stereocenters. The van der Waals surface area contributed by atoms with Gasteiger partial charge in [-0.15, -0.1) is 0 Å². The van der Waals surface area contributed by atoms with Gasteiger partial charge in [0.25, 0.3) is 0 Å². The first-order valence-electron chi connectivity index (χ1n) is 6.58. The molecule has 0 saturated carbocycles. The fraction of sp³-hybridized carbons (Fsp3) is 0.533. The number of hydrogen-bond donors (Lipinski definition) is 1. The van der Waals surface area contributed by atoms with Gasteiger partial charge in [-0.05, 0) is 44.5 Å². The minimum Gasteiger partial charge on any atom is -0.497 e. The van der Waals surface area contributed by atoms with Crippen molar-refractivity contribution in [3.05, 3.63) is 29.8 Å². The van der Waals surface area contributed by atoms with Gasteiger partial charge in [0.2, 0.25) is 0 Å². The van der Waals surface area contributed by atoms with Crippen LogP contribution in [0.15, 0.2) is 24.3 Å². The van der Waals surface area contributed by atoms with Crippen LogP contribution in [0.4, 0.5) is 0 Å². The van der Waals surface area contributed by atoms with E-state index in [1.807, 2.05) is 31.2 Å². The third-order valence-corrected chi connectivity index (χ3v) is 4.17. The minimum absolute atomic E-state index is 0.229. The predicted molar refractivity (Wildman–Crippen MR) is 73.3 cm³/mol. The SMILES string of the molecule is COc1ccc(C(C)N2CCC(C)(C(=O)O)C2)cc1. The third-order valence-electron chi connectivity index (χ3n) is 4.17. The van der Waals surface area contributed by atoms with Crippen LogP contribution in [-0.4, -0.2) is 36.2 Å². The molecule has 4 heteroatoms. The zero-order valence-electron chi connectivity index (χ0n) is 11.7. The molecule has 4 nitrogen and oxygen atoms in total. The highest BCUT2D eigenvalue weighted by atomic mass is 16.5. The highest BCUT2D eigenvalue weighted by Crippen LogP contribution is 2.35. The molecule has 0 amide bonds. The number of benzene rings is 1. The second-order valence-electron chi connectivity index (χ2n) is 5.54. The van der Waals surface area contributed by atoms with Crippen molar-refractivity contribution in [2.24, 2.45) is 5.41 Å². The van der Waals surface area contributed by atoms with Gasteiger partial charge in [-0.25, -0.2) is 0 Å². The molecule has 0 radical (unpaired) electrons. The first-order chi connectivity index (χ1) is 8.96. The summed E-state index contributed by atoms with van der Waals surface area (Å²) in [6.07, 6.45) is 0.711. The van der Waals surface area contributed by atoms with Crippen LogP contribution >= 0.6 is 0 Å². The number of carbonyl (C=O) groups is 1. The smallest absolute Gasteiger partial charge is 0.310 e. The van der Waals surface area contributed by atoms with Crippen molar-refractivity contribution < 1.29 is 14.6 Å². The van der Waals surface area contributed by atoms with Gasteiger partial charge in [-0.3, -0.25) is 9.69 Å². The summed E-state index contributed by atoms with van der Waals surface area (Å²) in [7, 11) is 1.65. The number of methoxy groups -OCH3 is 1. The van der Waals surface area contributed by atoms with Crippen molar-refractivity contribution in [3.8, 4) is 5.75 Å². The second-order valence-corrected chi connectivity index (χ2v) is 5.54. The molecule has 1 saturated heterocycles. The van der Waals surface area contributed by atoms with Crippen LogP contribution < -0.4 is 4.74 Å². The van der Waals surface area contributed by atoms with E-state index in [0.29, 0.717) is 13.0 Å². The number of nitrogens with zero attached hydrogens (tertiary/aromatic N) is 1. The standard InChI is InChI=1S/C15H21NO3/c1-11(12-4-6-13(19-3)7-5-12)16-9-8-15(2,10-16)14(17)18/h4-7,11H,8-10H2,1-3H3,(H,17,18). The largest absolute Gasteiger partial charge is 0.497 e. The maximum Gasteiger partial charge on any atom is 0.310 e. The average Bonchev–Trinajstić information content (AvgIpc) is 2.82. The molecule has 2 atom stereocenters. The Bertz CT molecular complexity index is 457. The van der Waals surface area contributed by atoms with Gasteiger partial charge in [0.05, 0.1) is 12.5 Å². The molecule has 104 valence electrons. The van der Waals surface area contributed by atoms with E-state index in [0.717, 1.165) is 12.3 Å². The molecule has 1 fully saturated rings. The summed E-state index contributed by atoms with van der Waals surface area (Å²) in [5, 5.41) is 9.27. The number of carboxylic acids is 1. The van der Waals surface area contributed by atoms with Crippen LogP contribution in [-0.2, 0) is 4.79 Å². The fourth-order valence-electron chi connectivity index (χ4n) is 2.60. The zero-order valence-corrected chi connectivity index (χ0v) is 11.7. The molecule has 0 bridgehead atoms. The van der Waals surface area contributed by atoms with Gasteiger partial charge in [0, 0.05) is 12.6 Å². The Morgan fingerprint density at radius 2 is 2.05 bits per heavy atom. The average molecular weight is 263 g/mol. The van der Waals surface area contributed by atoms with E-state index < -0.39 is 11.4 Å². The Morgan fingerprint density at radius 1 is 1.42 bits per heavy atom. The number of aliphatic carboxylic acids is 1. The van der Waals surface area contributed by atoms with Crippen molar-refractivity contribution in [1.29, 1.82) is 0 Å². The number of likely N-dealkylation sites (tertiary alicyclic amines) is 1. The van der Waals surface area contributed by atoms with Crippen molar-refractivity contribution in [1.82, 2.24) is 4.90 Å². The Labute approximate surface area is 114 Å². The third kappa shape index (κ3) is 2.73. The van der Waals surface area contributed by atoms with Gasteiger partial charge in [-0.1, -0.05) is 12.1 Å². The van der Waals surface area contributed by atoms with Crippen LogP contribution in [0.5, 0.6) is 5.75 Å². The van der Waals surface area contributed by atoms with E-state index in [1.165, 1.54) is 5.56 Å². The highest BCUT2D eigenvalue weighted by Gasteiger charge is 2.41. The Morgan fingerprint density at radius 3 is 2.53 bits per heavy atom. The lowest BCUT2D eigenvalue weighted by molar-refractivity contribution is -0.147. The molecule has 1 N–H and O–H groups in total. The summed E-state index contributed by atoms with van der Waals surface area (Å²) in [5.41, 5.74) is 0.580. The summed E-state index contributed by atoms with van der Waals surface area (Å²) in [4.78, 5) is 13.5. The van der Waals surface area contributed by atoms with Crippen molar-refractivity contribution in [2.75, 3.05) is 20.2 Å². The molecule has 2 rings (SSSR count). The molecule has 1 aromatic rings. The zero-order chi connectivity index (χ0) is 14.0. The van der Waals surface area contributed by atoms with E-state index >= 15 is 0 Å². The van der Waals surface area contributed by atoms with E-state index in [-0.39, 0.29) is 6.04 Å². The monoisotopic (exact) mass is 263 g/mol. The van der Waals surface area contributed by atoms with Gasteiger partial charge in [0.15, 0.2) is 0 Å². The number of rotatable bonds is 4. The maximum absolute atomic E-state index is 11.3. The first-order valence-corrected chi connectivity index (χ1v) is 6.58. The lowest BCUT2D eigenvalue weighted by Gasteiger charge is -2.26. The van der Waals surface area contributed by atoms with Gasteiger partial charge in [-0.2, -0.15) is 0 Å². The predicted octanol–water partition coefficient (Wildman–Crippen LogP) is 2.55. The normalized spacial score (nSPS) is 25.2. The van der Waals surface area contributed by atoms with Crippen LogP contribution in [0.25, 0.3) is 0 Å². The van der Waals surface area contributed by atoms with Crippen molar-refractivity contribution in [3.63, 3.8) is 0 Å². The van der Waals surface area contributed by atoms with Crippen molar-refractivity contribution in [2.45, 2.75) is 26.3 Å². The number of hydrogen-bond acceptors (Lipinski definition) is 3. The maximum atomic E-state index is 11.3. The summed E-state index contributed by atoms with van der Waals surface area (Å²) in [5.74, 6) is 0.143. The molecular formula is C15H21NO3. The topological polar surface area (TPSA) is 49.8 Å². The molecule has 19 heavy (non-hydrogen) atoms.